The monoisotopic (exact) mass is 250 g/mol. The zero-order valence-corrected chi connectivity index (χ0v) is 10.2. The molecule has 0 aliphatic heterocycles. The summed E-state index contributed by atoms with van der Waals surface area (Å²) in [6, 6.07) is 1.66. The first-order chi connectivity index (χ1) is 8.09. The van der Waals surface area contributed by atoms with Gasteiger partial charge in [-0.15, -0.1) is 0 Å². The largest absolute Gasteiger partial charge is 0.288 e. The lowest BCUT2D eigenvalue weighted by atomic mass is 10.2. The molecule has 0 atom stereocenters. The molecule has 5 nitrogen and oxygen atoms in total. The predicted octanol–water partition coefficient (Wildman–Crippen LogP) is 1.70. The van der Waals surface area contributed by atoms with E-state index in [1.807, 2.05) is 0 Å². The van der Waals surface area contributed by atoms with Crippen LogP contribution in [0.25, 0.3) is 6.08 Å². The summed E-state index contributed by atoms with van der Waals surface area (Å²) in [7, 11) is 3.48. The van der Waals surface area contributed by atoms with E-state index in [0.717, 1.165) is 0 Å². The Bertz CT molecular complexity index is 563. The smallest absolute Gasteiger partial charge is 0.203 e. The second kappa shape index (κ2) is 4.55. The Hall–Kier alpha value is -1.88. The van der Waals surface area contributed by atoms with Crippen LogP contribution >= 0.6 is 11.6 Å². The van der Waals surface area contributed by atoms with Gasteiger partial charge in [-0.1, -0.05) is 11.6 Å². The van der Waals surface area contributed by atoms with Gasteiger partial charge in [-0.05, 0) is 18.2 Å². The highest BCUT2D eigenvalue weighted by Gasteiger charge is 2.07. The second-order valence-corrected chi connectivity index (χ2v) is 3.95. The lowest BCUT2D eigenvalue weighted by Gasteiger charge is -1.97. The van der Waals surface area contributed by atoms with E-state index >= 15 is 0 Å². The molecule has 0 unspecified atom stereocenters. The first-order valence-corrected chi connectivity index (χ1v) is 5.35. The Kier molecular flexibility index (Phi) is 3.10. The molecule has 0 saturated carbocycles. The maximum atomic E-state index is 11.8. The molecule has 2 rings (SSSR count). The maximum absolute atomic E-state index is 11.8. The van der Waals surface area contributed by atoms with Crippen molar-refractivity contribution in [1.29, 1.82) is 0 Å². The van der Waals surface area contributed by atoms with Gasteiger partial charge in [0.2, 0.25) is 5.78 Å². The van der Waals surface area contributed by atoms with Gasteiger partial charge in [-0.3, -0.25) is 14.2 Å². The van der Waals surface area contributed by atoms with Crippen LogP contribution in [0.3, 0.4) is 0 Å². The second-order valence-electron chi connectivity index (χ2n) is 3.54. The topological polar surface area (TPSA) is 52.7 Å². The molecule has 6 heteroatoms. The molecule has 2 heterocycles. The molecule has 0 fully saturated rings. The van der Waals surface area contributed by atoms with Crippen LogP contribution in [0.5, 0.6) is 0 Å². The summed E-state index contributed by atoms with van der Waals surface area (Å²) in [5.74, 6) is -0.123. The molecule has 0 N–H and O–H groups in total. The van der Waals surface area contributed by atoms with Gasteiger partial charge in [-0.25, -0.2) is 0 Å². The van der Waals surface area contributed by atoms with Gasteiger partial charge in [0.05, 0.1) is 16.9 Å². The normalized spacial score (nSPS) is 11.2. The summed E-state index contributed by atoms with van der Waals surface area (Å²) >= 11 is 5.92. The highest BCUT2D eigenvalue weighted by atomic mass is 35.5. The third-order valence-corrected chi connectivity index (χ3v) is 2.69. The number of rotatable bonds is 3. The van der Waals surface area contributed by atoms with Crippen LogP contribution in [0, 0.1) is 0 Å². The van der Waals surface area contributed by atoms with E-state index in [-0.39, 0.29) is 5.78 Å². The first-order valence-electron chi connectivity index (χ1n) is 4.97. The van der Waals surface area contributed by atoms with Crippen molar-refractivity contribution in [2.24, 2.45) is 14.1 Å². The molecule has 0 amide bonds. The zero-order chi connectivity index (χ0) is 12.4. The molecule has 0 aliphatic carbocycles. The van der Waals surface area contributed by atoms with Gasteiger partial charge in [0.15, 0.2) is 0 Å². The Morgan fingerprint density at radius 3 is 2.65 bits per heavy atom. The van der Waals surface area contributed by atoms with Crippen LogP contribution in [0.2, 0.25) is 5.02 Å². The van der Waals surface area contributed by atoms with Gasteiger partial charge < -0.3 is 0 Å². The third kappa shape index (κ3) is 2.29. The lowest BCUT2D eigenvalue weighted by Crippen LogP contribution is -2.04. The molecule has 17 heavy (non-hydrogen) atoms. The minimum absolute atomic E-state index is 0.123. The molecular formula is C11H11ClN4O. The average molecular weight is 251 g/mol. The fourth-order valence-electron chi connectivity index (χ4n) is 1.46. The van der Waals surface area contributed by atoms with Gasteiger partial charge >= 0.3 is 0 Å². The van der Waals surface area contributed by atoms with Crippen LogP contribution in [-0.2, 0) is 14.1 Å². The van der Waals surface area contributed by atoms with Crippen LogP contribution < -0.4 is 0 Å². The van der Waals surface area contributed by atoms with Crippen LogP contribution in [0.1, 0.15) is 16.2 Å². The van der Waals surface area contributed by atoms with Crippen molar-refractivity contribution >= 4 is 23.5 Å². The summed E-state index contributed by atoms with van der Waals surface area (Å²) in [4.78, 5) is 11.8. The van der Waals surface area contributed by atoms with E-state index in [1.54, 1.807) is 37.1 Å². The lowest BCUT2D eigenvalue weighted by molar-refractivity contribution is 0.103. The Balaban J connectivity index is 2.23. The molecule has 88 valence electrons. The minimum atomic E-state index is -0.123. The van der Waals surface area contributed by atoms with E-state index in [9.17, 15) is 4.79 Å². The molecule has 2 aromatic rings. The summed E-state index contributed by atoms with van der Waals surface area (Å²) in [5.41, 5.74) is 1.22. The van der Waals surface area contributed by atoms with Crippen molar-refractivity contribution in [3.63, 3.8) is 0 Å². The maximum Gasteiger partial charge on any atom is 0.203 e. The van der Waals surface area contributed by atoms with E-state index in [0.29, 0.717) is 16.4 Å². The molecular weight excluding hydrogens is 240 g/mol. The number of hydrogen-bond donors (Lipinski definition) is 0. The SMILES string of the molecule is Cn1nccc1C(=O)/C=C/c1c(Cl)cnn1C. The van der Waals surface area contributed by atoms with Crippen LogP contribution in [-0.4, -0.2) is 25.3 Å². The van der Waals surface area contributed by atoms with Crippen molar-refractivity contribution in [2.75, 3.05) is 0 Å². The molecule has 0 saturated heterocycles. The number of carbonyl (C=O) groups excluding carboxylic acids is 1. The summed E-state index contributed by atoms with van der Waals surface area (Å²) in [6.45, 7) is 0. The van der Waals surface area contributed by atoms with Crippen molar-refractivity contribution in [3.05, 3.63) is 40.9 Å². The minimum Gasteiger partial charge on any atom is -0.288 e. The Labute approximate surface area is 103 Å². The van der Waals surface area contributed by atoms with E-state index in [4.69, 9.17) is 11.6 Å². The van der Waals surface area contributed by atoms with Gasteiger partial charge in [-0.2, -0.15) is 10.2 Å². The molecule has 0 spiro atoms. The van der Waals surface area contributed by atoms with Crippen LogP contribution in [0.4, 0.5) is 0 Å². The Morgan fingerprint density at radius 1 is 1.35 bits per heavy atom. The molecule has 2 aromatic heterocycles. The number of aromatic nitrogens is 4. The van der Waals surface area contributed by atoms with Crippen molar-refractivity contribution in [2.45, 2.75) is 0 Å². The van der Waals surface area contributed by atoms with Crippen molar-refractivity contribution in [3.8, 4) is 0 Å². The van der Waals surface area contributed by atoms with Crippen molar-refractivity contribution in [1.82, 2.24) is 19.6 Å². The number of hydrogen-bond acceptors (Lipinski definition) is 3. The summed E-state index contributed by atoms with van der Waals surface area (Å²) in [5, 5.41) is 8.43. The standard InChI is InChI=1S/C11H11ClN4O/c1-15-9(8(12)7-14-15)3-4-11(17)10-5-6-13-16(10)2/h3-7H,1-2H3/b4-3+. The van der Waals surface area contributed by atoms with Crippen LogP contribution in [0.15, 0.2) is 24.5 Å². The number of nitrogens with zero attached hydrogens (tertiary/aromatic N) is 4. The Morgan fingerprint density at radius 2 is 2.12 bits per heavy atom. The highest BCUT2D eigenvalue weighted by molar-refractivity contribution is 6.31. The van der Waals surface area contributed by atoms with E-state index in [1.165, 1.54) is 17.0 Å². The van der Waals surface area contributed by atoms with E-state index in [2.05, 4.69) is 10.2 Å². The fraction of sp³-hybridized carbons (Fsp3) is 0.182. The van der Waals surface area contributed by atoms with Crippen molar-refractivity contribution < 1.29 is 4.79 Å². The predicted molar refractivity (Wildman–Crippen MR) is 64.8 cm³/mol. The number of ketones is 1. The fourth-order valence-corrected chi connectivity index (χ4v) is 1.69. The quantitative estimate of drug-likeness (QED) is 0.616. The highest BCUT2D eigenvalue weighted by Crippen LogP contribution is 2.15. The first kappa shape index (κ1) is 11.6. The third-order valence-electron chi connectivity index (χ3n) is 2.40. The summed E-state index contributed by atoms with van der Waals surface area (Å²) < 4.78 is 3.13. The van der Waals surface area contributed by atoms with E-state index < -0.39 is 0 Å². The molecule has 0 bridgehead atoms. The van der Waals surface area contributed by atoms with Gasteiger partial charge in [0, 0.05) is 20.3 Å². The number of allylic oxidation sites excluding steroid dienone is 1. The molecule has 0 radical (unpaired) electrons. The molecule has 0 aliphatic rings. The van der Waals surface area contributed by atoms with Gasteiger partial charge in [0.25, 0.3) is 0 Å². The number of carbonyl (C=O) groups is 1. The number of aryl methyl sites for hydroxylation is 2. The zero-order valence-electron chi connectivity index (χ0n) is 9.46. The average Bonchev–Trinajstić information content (AvgIpc) is 2.84. The van der Waals surface area contributed by atoms with Gasteiger partial charge in [0.1, 0.15) is 5.69 Å². The molecule has 0 aromatic carbocycles. The summed E-state index contributed by atoms with van der Waals surface area (Å²) in [6.07, 6.45) is 6.22. The number of halogens is 1.